The minimum Gasteiger partial charge on any atom is -0.245 e. The van der Waals surface area contributed by atoms with Gasteiger partial charge in [-0.1, -0.05) is 37.3 Å². The Kier molecular flexibility index (Phi) is 2.54. The van der Waals surface area contributed by atoms with Gasteiger partial charge in [0.2, 0.25) is 0 Å². The Morgan fingerprint density at radius 1 is 0.929 bits per heavy atom. The van der Waals surface area contributed by atoms with Crippen LogP contribution in [0.25, 0.3) is 0 Å². The maximum Gasteiger partial charge on any atom is 0.115 e. The highest BCUT2D eigenvalue weighted by Crippen LogP contribution is 2.21. The van der Waals surface area contributed by atoms with Gasteiger partial charge in [0, 0.05) is 18.3 Å². The van der Waals surface area contributed by atoms with Crippen LogP contribution in [0.5, 0.6) is 0 Å². The van der Waals surface area contributed by atoms with Crippen molar-refractivity contribution < 1.29 is 0 Å². The summed E-state index contributed by atoms with van der Waals surface area (Å²) in [4.78, 5) is 8.04. The molecule has 0 amide bonds. The summed E-state index contributed by atoms with van der Waals surface area (Å²) in [6.07, 6.45) is 5.29. The SMILES string of the molecule is CC(c1ccccc1)c1cncnc1. The lowest BCUT2D eigenvalue weighted by molar-refractivity contribution is 0.894. The average molecular weight is 184 g/mol. The zero-order chi connectivity index (χ0) is 9.80. The van der Waals surface area contributed by atoms with E-state index in [1.165, 1.54) is 5.56 Å². The van der Waals surface area contributed by atoms with Gasteiger partial charge in [-0.15, -0.1) is 0 Å². The van der Waals surface area contributed by atoms with Crippen molar-refractivity contribution in [3.63, 3.8) is 0 Å². The molecule has 2 rings (SSSR count). The van der Waals surface area contributed by atoms with Gasteiger partial charge in [-0.2, -0.15) is 0 Å². The fourth-order valence-corrected chi connectivity index (χ4v) is 1.47. The van der Waals surface area contributed by atoms with E-state index in [9.17, 15) is 0 Å². The molecule has 1 atom stereocenters. The molecule has 0 saturated heterocycles. The number of hydrogen-bond acceptors (Lipinski definition) is 2. The lowest BCUT2D eigenvalue weighted by Crippen LogP contribution is -1.96. The van der Waals surface area contributed by atoms with Crippen molar-refractivity contribution in [2.75, 3.05) is 0 Å². The molecule has 70 valence electrons. The summed E-state index contributed by atoms with van der Waals surface area (Å²) in [7, 11) is 0. The Labute approximate surface area is 83.7 Å². The normalized spacial score (nSPS) is 12.4. The van der Waals surface area contributed by atoms with Gasteiger partial charge >= 0.3 is 0 Å². The summed E-state index contributed by atoms with van der Waals surface area (Å²) in [5.74, 6) is 0.359. The van der Waals surface area contributed by atoms with E-state index in [4.69, 9.17) is 0 Å². The third-order valence-electron chi connectivity index (χ3n) is 2.38. The molecule has 0 radical (unpaired) electrons. The molecular weight excluding hydrogens is 172 g/mol. The molecule has 14 heavy (non-hydrogen) atoms. The molecular formula is C12H12N2. The van der Waals surface area contributed by atoms with E-state index in [1.54, 1.807) is 6.33 Å². The van der Waals surface area contributed by atoms with E-state index in [0.717, 1.165) is 5.56 Å². The van der Waals surface area contributed by atoms with E-state index in [0.29, 0.717) is 5.92 Å². The first-order valence-electron chi connectivity index (χ1n) is 4.68. The number of aromatic nitrogens is 2. The van der Waals surface area contributed by atoms with Crippen molar-refractivity contribution in [3.8, 4) is 0 Å². The molecule has 1 aromatic carbocycles. The van der Waals surface area contributed by atoms with Gasteiger partial charge in [0.05, 0.1) is 0 Å². The smallest absolute Gasteiger partial charge is 0.115 e. The largest absolute Gasteiger partial charge is 0.245 e. The van der Waals surface area contributed by atoms with Gasteiger partial charge in [-0.25, -0.2) is 9.97 Å². The molecule has 2 nitrogen and oxygen atoms in total. The van der Waals surface area contributed by atoms with E-state index >= 15 is 0 Å². The van der Waals surface area contributed by atoms with Gasteiger partial charge in [0.15, 0.2) is 0 Å². The van der Waals surface area contributed by atoms with Crippen LogP contribution < -0.4 is 0 Å². The van der Waals surface area contributed by atoms with Crippen LogP contribution in [0.15, 0.2) is 49.1 Å². The lowest BCUT2D eigenvalue weighted by atomic mass is 9.96. The second kappa shape index (κ2) is 4.01. The van der Waals surface area contributed by atoms with Crippen LogP contribution in [0.4, 0.5) is 0 Å². The number of benzene rings is 1. The van der Waals surface area contributed by atoms with E-state index in [2.05, 4.69) is 41.2 Å². The average Bonchev–Trinajstić information content (AvgIpc) is 2.30. The molecule has 1 aromatic heterocycles. The Morgan fingerprint density at radius 2 is 1.57 bits per heavy atom. The first kappa shape index (κ1) is 8.88. The van der Waals surface area contributed by atoms with Crippen LogP contribution in [0.2, 0.25) is 0 Å². The molecule has 0 fully saturated rings. The molecule has 2 aromatic rings. The molecule has 0 N–H and O–H groups in total. The monoisotopic (exact) mass is 184 g/mol. The minimum absolute atomic E-state index is 0.359. The zero-order valence-corrected chi connectivity index (χ0v) is 8.09. The van der Waals surface area contributed by atoms with Gasteiger partial charge < -0.3 is 0 Å². The van der Waals surface area contributed by atoms with Crippen molar-refractivity contribution in [1.29, 1.82) is 0 Å². The topological polar surface area (TPSA) is 25.8 Å². The zero-order valence-electron chi connectivity index (χ0n) is 8.09. The Balaban J connectivity index is 2.30. The van der Waals surface area contributed by atoms with Crippen LogP contribution >= 0.6 is 0 Å². The predicted octanol–water partition coefficient (Wildman–Crippen LogP) is 2.63. The van der Waals surface area contributed by atoms with Crippen LogP contribution in [-0.4, -0.2) is 9.97 Å². The predicted molar refractivity (Wildman–Crippen MR) is 56.0 cm³/mol. The van der Waals surface area contributed by atoms with Gasteiger partial charge in [-0.05, 0) is 11.1 Å². The molecule has 2 heteroatoms. The van der Waals surface area contributed by atoms with Crippen LogP contribution in [0.3, 0.4) is 0 Å². The first-order chi connectivity index (χ1) is 6.88. The summed E-state index contributed by atoms with van der Waals surface area (Å²) >= 11 is 0. The fraction of sp³-hybridized carbons (Fsp3) is 0.167. The van der Waals surface area contributed by atoms with Gasteiger partial charge in [-0.3, -0.25) is 0 Å². The number of hydrogen-bond donors (Lipinski definition) is 0. The maximum atomic E-state index is 4.02. The Bertz CT molecular complexity index is 344. The van der Waals surface area contributed by atoms with E-state index < -0.39 is 0 Å². The Hall–Kier alpha value is -1.70. The molecule has 0 bridgehead atoms. The third-order valence-corrected chi connectivity index (χ3v) is 2.38. The van der Waals surface area contributed by atoms with Crippen molar-refractivity contribution in [2.45, 2.75) is 12.8 Å². The molecule has 0 aliphatic rings. The van der Waals surface area contributed by atoms with Crippen molar-refractivity contribution in [2.24, 2.45) is 0 Å². The molecule has 1 unspecified atom stereocenters. The highest BCUT2D eigenvalue weighted by atomic mass is 14.8. The summed E-state index contributed by atoms with van der Waals surface area (Å²) in [5.41, 5.74) is 2.45. The van der Waals surface area contributed by atoms with E-state index in [-0.39, 0.29) is 0 Å². The maximum absolute atomic E-state index is 4.02. The van der Waals surface area contributed by atoms with Gasteiger partial charge in [0.1, 0.15) is 6.33 Å². The fourth-order valence-electron chi connectivity index (χ4n) is 1.47. The van der Waals surface area contributed by atoms with Crippen LogP contribution in [-0.2, 0) is 0 Å². The molecule has 0 aliphatic heterocycles. The van der Waals surface area contributed by atoms with E-state index in [1.807, 2.05) is 18.5 Å². The summed E-state index contributed by atoms with van der Waals surface area (Å²) < 4.78 is 0. The minimum atomic E-state index is 0.359. The Morgan fingerprint density at radius 3 is 2.21 bits per heavy atom. The molecule has 0 saturated carbocycles. The highest BCUT2D eigenvalue weighted by molar-refractivity contribution is 5.28. The highest BCUT2D eigenvalue weighted by Gasteiger charge is 2.07. The third kappa shape index (κ3) is 1.79. The second-order valence-electron chi connectivity index (χ2n) is 3.30. The summed E-state index contributed by atoms with van der Waals surface area (Å²) in [6.45, 7) is 2.16. The molecule has 1 heterocycles. The van der Waals surface area contributed by atoms with Crippen molar-refractivity contribution >= 4 is 0 Å². The molecule has 0 spiro atoms. The standard InChI is InChI=1S/C12H12N2/c1-10(11-5-3-2-4-6-11)12-7-13-9-14-8-12/h2-10H,1H3. The quantitative estimate of drug-likeness (QED) is 0.717. The van der Waals surface area contributed by atoms with Crippen LogP contribution in [0.1, 0.15) is 24.0 Å². The van der Waals surface area contributed by atoms with Gasteiger partial charge in [0.25, 0.3) is 0 Å². The number of nitrogens with zero attached hydrogens (tertiary/aromatic N) is 2. The first-order valence-corrected chi connectivity index (χ1v) is 4.68. The van der Waals surface area contributed by atoms with Crippen molar-refractivity contribution in [3.05, 3.63) is 60.2 Å². The summed E-state index contributed by atoms with van der Waals surface area (Å²) in [6, 6.07) is 10.4. The summed E-state index contributed by atoms with van der Waals surface area (Å²) in [5, 5.41) is 0. The molecule has 0 aliphatic carbocycles. The lowest BCUT2D eigenvalue weighted by Gasteiger charge is -2.10. The van der Waals surface area contributed by atoms with Crippen LogP contribution in [0, 0.1) is 0 Å². The second-order valence-corrected chi connectivity index (χ2v) is 3.30. The number of rotatable bonds is 2. The van der Waals surface area contributed by atoms with Crippen molar-refractivity contribution in [1.82, 2.24) is 9.97 Å².